The van der Waals surface area contributed by atoms with E-state index < -0.39 is 0 Å². The van der Waals surface area contributed by atoms with E-state index in [0.717, 1.165) is 21.8 Å². The molecule has 0 atom stereocenters. The Morgan fingerprint density at radius 1 is 1.07 bits per heavy atom. The van der Waals surface area contributed by atoms with E-state index >= 15 is 0 Å². The smallest absolute Gasteiger partial charge is 0.228 e. The van der Waals surface area contributed by atoms with E-state index in [9.17, 15) is 4.79 Å². The van der Waals surface area contributed by atoms with Crippen LogP contribution < -0.4 is 9.47 Å². The first-order valence-corrected chi connectivity index (χ1v) is 10.0. The molecule has 0 saturated carbocycles. The first kappa shape index (κ1) is 19.9. The molecule has 0 radical (unpaired) electrons. The first-order valence-electron chi connectivity index (χ1n) is 9.13. The SMILES string of the molecule is CCN(Cc1ccc(OC)c(OC)c1)C(=O)Cc1csc(-c2ccccc2)n1. The van der Waals surface area contributed by atoms with Crippen LogP contribution in [0.5, 0.6) is 11.5 Å². The molecule has 0 bridgehead atoms. The number of carbonyl (C=O) groups is 1. The molecule has 1 aromatic heterocycles. The van der Waals surface area contributed by atoms with Crippen molar-refractivity contribution in [1.29, 1.82) is 0 Å². The fraction of sp³-hybridized carbons (Fsp3) is 0.273. The number of methoxy groups -OCH3 is 2. The van der Waals surface area contributed by atoms with E-state index in [1.54, 1.807) is 25.6 Å². The summed E-state index contributed by atoms with van der Waals surface area (Å²) >= 11 is 1.56. The molecule has 0 aliphatic heterocycles. The van der Waals surface area contributed by atoms with Crippen LogP contribution in [0.15, 0.2) is 53.9 Å². The van der Waals surface area contributed by atoms with Gasteiger partial charge in [-0.05, 0) is 24.6 Å². The van der Waals surface area contributed by atoms with Crippen LogP contribution in [0.25, 0.3) is 10.6 Å². The highest BCUT2D eigenvalue weighted by molar-refractivity contribution is 7.13. The first-order chi connectivity index (χ1) is 13.6. The van der Waals surface area contributed by atoms with Crippen molar-refractivity contribution < 1.29 is 14.3 Å². The highest BCUT2D eigenvalue weighted by atomic mass is 32.1. The lowest BCUT2D eigenvalue weighted by atomic mass is 10.1. The quantitative estimate of drug-likeness (QED) is 0.566. The summed E-state index contributed by atoms with van der Waals surface area (Å²) < 4.78 is 10.6. The predicted octanol–water partition coefficient (Wildman–Crippen LogP) is 4.42. The van der Waals surface area contributed by atoms with Crippen LogP contribution in [-0.4, -0.2) is 36.6 Å². The van der Waals surface area contributed by atoms with Gasteiger partial charge in [0.2, 0.25) is 5.91 Å². The summed E-state index contributed by atoms with van der Waals surface area (Å²) in [5.41, 5.74) is 2.87. The summed E-state index contributed by atoms with van der Waals surface area (Å²) in [5.74, 6) is 1.40. The molecule has 0 unspecified atom stereocenters. The van der Waals surface area contributed by atoms with E-state index in [-0.39, 0.29) is 5.91 Å². The third-order valence-corrected chi connectivity index (χ3v) is 5.40. The van der Waals surface area contributed by atoms with Crippen LogP contribution in [-0.2, 0) is 17.8 Å². The second-order valence-corrected chi connectivity index (χ2v) is 7.14. The zero-order valence-electron chi connectivity index (χ0n) is 16.3. The summed E-state index contributed by atoms with van der Waals surface area (Å²) in [6, 6.07) is 15.7. The van der Waals surface area contributed by atoms with Crippen molar-refractivity contribution in [1.82, 2.24) is 9.88 Å². The van der Waals surface area contributed by atoms with Crippen LogP contribution >= 0.6 is 11.3 Å². The highest BCUT2D eigenvalue weighted by Gasteiger charge is 2.16. The summed E-state index contributed by atoms with van der Waals surface area (Å²) in [6.07, 6.45) is 0.296. The van der Waals surface area contributed by atoms with Gasteiger partial charge < -0.3 is 14.4 Å². The van der Waals surface area contributed by atoms with Crippen molar-refractivity contribution in [2.24, 2.45) is 0 Å². The summed E-state index contributed by atoms with van der Waals surface area (Å²) in [5, 5.41) is 2.90. The average Bonchev–Trinajstić information content (AvgIpc) is 3.20. The largest absolute Gasteiger partial charge is 0.493 e. The maximum absolute atomic E-state index is 12.8. The van der Waals surface area contributed by atoms with Crippen LogP contribution in [0.1, 0.15) is 18.2 Å². The maximum Gasteiger partial charge on any atom is 0.228 e. The fourth-order valence-electron chi connectivity index (χ4n) is 2.94. The fourth-order valence-corrected chi connectivity index (χ4v) is 3.77. The molecule has 0 saturated heterocycles. The minimum absolute atomic E-state index is 0.0576. The molecule has 146 valence electrons. The van der Waals surface area contributed by atoms with Gasteiger partial charge >= 0.3 is 0 Å². The molecule has 0 spiro atoms. The molecule has 28 heavy (non-hydrogen) atoms. The standard InChI is InChI=1S/C22H24N2O3S/c1-4-24(14-16-10-11-19(26-2)20(12-16)27-3)21(25)13-18-15-28-22(23-18)17-8-6-5-7-9-17/h5-12,15H,4,13-14H2,1-3H3. The molecule has 5 nitrogen and oxygen atoms in total. The normalized spacial score (nSPS) is 10.5. The zero-order chi connectivity index (χ0) is 19.9. The Kier molecular flexibility index (Phi) is 6.66. The predicted molar refractivity (Wildman–Crippen MR) is 112 cm³/mol. The van der Waals surface area contributed by atoms with Gasteiger partial charge in [-0.3, -0.25) is 4.79 Å². The van der Waals surface area contributed by atoms with Gasteiger partial charge in [0.1, 0.15) is 5.01 Å². The summed E-state index contributed by atoms with van der Waals surface area (Å²) in [4.78, 5) is 19.3. The number of thiazole rings is 1. The Labute approximate surface area is 169 Å². The molecule has 0 aliphatic rings. The third kappa shape index (κ3) is 4.70. The highest BCUT2D eigenvalue weighted by Crippen LogP contribution is 2.28. The van der Waals surface area contributed by atoms with Gasteiger partial charge in [0.05, 0.1) is 26.3 Å². The number of nitrogens with zero attached hydrogens (tertiary/aromatic N) is 2. The molecule has 3 rings (SSSR count). The molecule has 0 fully saturated rings. The lowest BCUT2D eigenvalue weighted by Gasteiger charge is -2.21. The van der Waals surface area contributed by atoms with Crippen molar-refractivity contribution >= 4 is 17.2 Å². The number of hydrogen-bond donors (Lipinski definition) is 0. The van der Waals surface area contributed by atoms with E-state index in [2.05, 4.69) is 4.98 Å². The van der Waals surface area contributed by atoms with Crippen LogP contribution in [0.3, 0.4) is 0 Å². The monoisotopic (exact) mass is 396 g/mol. The number of amides is 1. The Morgan fingerprint density at radius 2 is 1.82 bits per heavy atom. The molecule has 0 N–H and O–H groups in total. The van der Waals surface area contributed by atoms with E-state index in [1.807, 2.05) is 65.7 Å². The number of aromatic nitrogens is 1. The van der Waals surface area contributed by atoms with Crippen molar-refractivity contribution in [3.05, 3.63) is 65.2 Å². The van der Waals surface area contributed by atoms with Gasteiger partial charge in [-0.25, -0.2) is 4.98 Å². The molecule has 6 heteroatoms. The van der Waals surface area contributed by atoms with Crippen LogP contribution in [0, 0.1) is 0 Å². The van der Waals surface area contributed by atoms with Crippen LogP contribution in [0.2, 0.25) is 0 Å². The van der Waals surface area contributed by atoms with Gasteiger partial charge in [0.25, 0.3) is 0 Å². The maximum atomic E-state index is 12.8. The number of benzene rings is 2. The Bertz CT molecular complexity index is 925. The van der Waals surface area contributed by atoms with Crippen molar-refractivity contribution in [3.8, 4) is 22.1 Å². The van der Waals surface area contributed by atoms with Gasteiger partial charge in [-0.1, -0.05) is 36.4 Å². The van der Waals surface area contributed by atoms with E-state index in [4.69, 9.17) is 9.47 Å². The lowest BCUT2D eigenvalue weighted by Crippen LogP contribution is -2.31. The Balaban J connectivity index is 1.68. The number of carbonyl (C=O) groups excluding carboxylic acids is 1. The molecular weight excluding hydrogens is 372 g/mol. The minimum atomic E-state index is 0.0576. The minimum Gasteiger partial charge on any atom is -0.493 e. The van der Waals surface area contributed by atoms with Crippen molar-refractivity contribution in [2.45, 2.75) is 19.9 Å². The molecule has 1 heterocycles. The molecule has 1 amide bonds. The molecule has 3 aromatic rings. The van der Waals surface area contributed by atoms with E-state index in [1.165, 1.54) is 0 Å². The molecule has 0 aliphatic carbocycles. The Hall–Kier alpha value is -2.86. The number of likely N-dealkylation sites (N-methyl/N-ethyl adjacent to an activating group) is 1. The number of ether oxygens (including phenoxy) is 2. The molecule has 2 aromatic carbocycles. The van der Waals surface area contributed by atoms with E-state index in [0.29, 0.717) is 31.0 Å². The second kappa shape index (κ2) is 9.37. The van der Waals surface area contributed by atoms with Gasteiger partial charge in [0, 0.05) is 24.0 Å². The number of rotatable bonds is 8. The number of hydrogen-bond acceptors (Lipinski definition) is 5. The average molecular weight is 397 g/mol. The third-order valence-electron chi connectivity index (χ3n) is 4.46. The topological polar surface area (TPSA) is 51.7 Å². The van der Waals surface area contributed by atoms with Crippen molar-refractivity contribution in [2.75, 3.05) is 20.8 Å². The zero-order valence-corrected chi connectivity index (χ0v) is 17.2. The van der Waals surface area contributed by atoms with Crippen LogP contribution in [0.4, 0.5) is 0 Å². The van der Waals surface area contributed by atoms with Gasteiger partial charge in [-0.2, -0.15) is 0 Å². The Morgan fingerprint density at radius 3 is 2.50 bits per heavy atom. The van der Waals surface area contributed by atoms with Crippen molar-refractivity contribution in [3.63, 3.8) is 0 Å². The molecular formula is C22H24N2O3S. The van der Waals surface area contributed by atoms with Gasteiger partial charge in [-0.15, -0.1) is 11.3 Å². The van der Waals surface area contributed by atoms with Gasteiger partial charge in [0.15, 0.2) is 11.5 Å². The summed E-state index contributed by atoms with van der Waals surface area (Å²) in [7, 11) is 3.22. The lowest BCUT2D eigenvalue weighted by molar-refractivity contribution is -0.130. The second-order valence-electron chi connectivity index (χ2n) is 6.28. The summed E-state index contributed by atoms with van der Waals surface area (Å²) in [6.45, 7) is 3.13.